The minimum atomic E-state index is 0.364. The molecule has 1 heterocycles. The van der Waals surface area contributed by atoms with Crippen LogP contribution in [0.15, 0.2) is 53.0 Å². The second kappa shape index (κ2) is 5.43. The minimum absolute atomic E-state index is 0.364. The molecule has 21 heavy (non-hydrogen) atoms. The fourth-order valence-electron chi connectivity index (χ4n) is 2.06. The topological polar surface area (TPSA) is 71.9 Å². The Kier molecular flexibility index (Phi) is 3.46. The van der Waals surface area contributed by atoms with Crippen LogP contribution in [0.4, 0.5) is 5.69 Å². The van der Waals surface area contributed by atoms with Crippen molar-refractivity contribution >= 4 is 32.5 Å². The van der Waals surface area contributed by atoms with Crippen molar-refractivity contribution in [3.8, 4) is 17.7 Å². The quantitative estimate of drug-likeness (QED) is 0.708. The molecule has 3 rings (SSSR count). The number of hydrogen-bond donors (Lipinski definition) is 1. The Bertz CT molecular complexity index is 851. The highest BCUT2D eigenvalue weighted by Gasteiger charge is 2.07. The van der Waals surface area contributed by atoms with Gasteiger partial charge >= 0.3 is 0 Å². The van der Waals surface area contributed by atoms with Crippen LogP contribution in [0, 0.1) is 11.3 Å². The maximum absolute atomic E-state index is 9.25. The summed E-state index contributed by atoms with van der Waals surface area (Å²) in [4.78, 5) is 4.41. The summed E-state index contributed by atoms with van der Waals surface area (Å²) < 4.78 is 6.54. The highest BCUT2D eigenvalue weighted by atomic mass is 79.9. The fourth-order valence-corrected chi connectivity index (χ4v) is 2.55. The molecule has 3 aromatic rings. The van der Waals surface area contributed by atoms with Gasteiger partial charge in [0.05, 0.1) is 11.1 Å². The number of hydrogen-bond acceptors (Lipinski definition) is 4. The number of aromatic nitrogens is 1. The van der Waals surface area contributed by atoms with Gasteiger partial charge in [0.1, 0.15) is 11.8 Å². The van der Waals surface area contributed by atoms with Crippen molar-refractivity contribution in [2.75, 3.05) is 5.73 Å². The summed E-state index contributed by atoms with van der Waals surface area (Å²) in [5.41, 5.74) is 7.60. The Hall–Kier alpha value is -2.58. The molecule has 5 heteroatoms. The average Bonchev–Trinajstić information content (AvgIpc) is 2.45. The van der Waals surface area contributed by atoms with Crippen LogP contribution in [0.2, 0.25) is 0 Å². The molecule has 2 aromatic carbocycles. The molecule has 0 fully saturated rings. The van der Waals surface area contributed by atoms with E-state index in [2.05, 4.69) is 27.0 Å². The zero-order valence-electron chi connectivity index (χ0n) is 10.9. The smallest absolute Gasteiger partial charge is 0.221 e. The summed E-state index contributed by atoms with van der Waals surface area (Å²) in [6.07, 6.45) is 0. The van der Waals surface area contributed by atoms with Crippen LogP contribution in [0.25, 0.3) is 10.9 Å². The molecular formula is C16H10BrN3O. The highest BCUT2D eigenvalue weighted by molar-refractivity contribution is 9.10. The van der Waals surface area contributed by atoms with E-state index >= 15 is 0 Å². The minimum Gasteiger partial charge on any atom is -0.439 e. The lowest BCUT2D eigenvalue weighted by Crippen LogP contribution is -1.93. The predicted molar refractivity (Wildman–Crippen MR) is 85.1 cm³/mol. The van der Waals surface area contributed by atoms with Gasteiger partial charge in [0.15, 0.2) is 0 Å². The number of ether oxygens (including phenoxy) is 1. The third-order valence-electron chi connectivity index (χ3n) is 2.93. The maximum Gasteiger partial charge on any atom is 0.221 e. The predicted octanol–water partition coefficient (Wildman–Crippen LogP) is 4.24. The van der Waals surface area contributed by atoms with Crippen LogP contribution in [0.3, 0.4) is 0 Å². The average molecular weight is 340 g/mol. The van der Waals surface area contributed by atoms with E-state index in [4.69, 9.17) is 10.5 Å². The molecule has 0 aliphatic rings. The van der Waals surface area contributed by atoms with Gasteiger partial charge in [-0.15, -0.1) is 0 Å². The van der Waals surface area contributed by atoms with Crippen LogP contribution in [-0.2, 0) is 0 Å². The van der Waals surface area contributed by atoms with E-state index in [1.165, 1.54) is 0 Å². The molecule has 0 radical (unpaired) electrons. The monoisotopic (exact) mass is 339 g/mol. The number of rotatable bonds is 2. The van der Waals surface area contributed by atoms with Crippen molar-refractivity contribution in [1.29, 1.82) is 5.26 Å². The summed E-state index contributed by atoms with van der Waals surface area (Å²) in [7, 11) is 0. The fraction of sp³-hybridized carbons (Fsp3) is 0. The van der Waals surface area contributed by atoms with Gasteiger partial charge in [0, 0.05) is 27.7 Å². The Balaban J connectivity index is 2.07. The molecule has 0 amide bonds. The normalized spacial score (nSPS) is 10.3. The standard InChI is InChI=1S/C16H10BrN3O/c17-11-6-12(19)8-13(7-11)21-16-5-10(9-18)14-3-1-2-4-15(14)20-16/h1-8H,19H2. The molecule has 0 saturated carbocycles. The number of anilines is 1. The summed E-state index contributed by atoms with van der Waals surface area (Å²) >= 11 is 3.36. The molecule has 0 atom stereocenters. The van der Waals surface area contributed by atoms with Crippen molar-refractivity contribution in [3.63, 3.8) is 0 Å². The molecule has 0 spiro atoms. The Morgan fingerprint density at radius 1 is 1.14 bits per heavy atom. The van der Waals surface area contributed by atoms with Gasteiger partial charge in [0.2, 0.25) is 5.88 Å². The lowest BCUT2D eigenvalue weighted by Gasteiger charge is -2.08. The summed E-state index contributed by atoms with van der Waals surface area (Å²) in [5.74, 6) is 0.927. The number of pyridine rings is 1. The number of nitriles is 1. The Labute approximate surface area is 129 Å². The summed E-state index contributed by atoms with van der Waals surface area (Å²) in [6.45, 7) is 0. The lowest BCUT2D eigenvalue weighted by molar-refractivity contribution is 0.465. The number of benzene rings is 2. The lowest BCUT2D eigenvalue weighted by atomic mass is 10.1. The first-order valence-electron chi connectivity index (χ1n) is 6.19. The molecule has 102 valence electrons. The van der Waals surface area contributed by atoms with Crippen molar-refractivity contribution in [3.05, 3.63) is 58.6 Å². The third kappa shape index (κ3) is 2.81. The van der Waals surface area contributed by atoms with E-state index < -0.39 is 0 Å². The van der Waals surface area contributed by atoms with Gasteiger partial charge in [-0.25, -0.2) is 4.98 Å². The number of nitrogens with zero attached hydrogens (tertiary/aromatic N) is 2. The molecule has 4 nitrogen and oxygen atoms in total. The second-order valence-electron chi connectivity index (χ2n) is 4.46. The van der Waals surface area contributed by atoms with Crippen LogP contribution < -0.4 is 10.5 Å². The van der Waals surface area contributed by atoms with E-state index in [1.807, 2.05) is 24.3 Å². The van der Waals surface area contributed by atoms with Gasteiger partial charge in [-0.2, -0.15) is 5.26 Å². The van der Waals surface area contributed by atoms with E-state index in [9.17, 15) is 5.26 Å². The van der Waals surface area contributed by atoms with Crippen molar-refractivity contribution in [2.24, 2.45) is 0 Å². The van der Waals surface area contributed by atoms with E-state index in [1.54, 1.807) is 24.3 Å². The second-order valence-corrected chi connectivity index (χ2v) is 5.38. The van der Waals surface area contributed by atoms with Crippen LogP contribution in [-0.4, -0.2) is 4.98 Å². The Morgan fingerprint density at radius 3 is 2.71 bits per heavy atom. The molecule has 0 unspecified atom stereocenters. The van der Waals surface area contributed by atoms with Crippen LogP contribution in [0.5, 0.6) is 11.6 Å². The summed E-state index contributed by atoms with van der Waals surface area (Å²) in [5, 5.41) is 10.1. The number of fused-ring (bicyclic) bond motifs is 1. The Morgan fingerprint density at radius 2 is 1.95 bits per heavy atom. The van der Waals surface area contributed by atoms with E-state index in [0.717, 1.165) is 15.4 Å². The first-order valence-corrected chi connectivity index (χ1v) is 6.99. The molecule has 1 aromatic heterocycles. The highest BCUT2D eigenvalue weighted by Crippen LogP contribution is 2.28. The van der Waals surface area contributed by atoms with E-state index in [0.29, 0.717) is 22.9 Å². The van der Waals surface area contributed by atoms with Gasteiger partial charge in [-0.05, 0) is 18.2 Å². The first kappa shape index (κ1) is 13.4. The molecule has 0 saturated heterocycles. The number of nitrogens with two attached hydrogens (primary N) is 1. The van der Waals surface area contributed by atoms with Crippen molar-refractivity contribution in [2.45, 2.75) is 0 Å². The SMILES string of the molecule is N#Cc1cc(Oc2cc(N)cc(Br)c2)nc2ccccc12. The molecule has 0 aliphatic heterocycles. The van der Waals surface area contributed by atoms with Gasteiger partial charge < -0.3 is 10.5 Å². The number of para-hydroxylation sites is 1. The molecule has 2 N–H and O–H groups in total. The van der Waals surface area contributed by atoms with Gasteiger partial charge in [-0.3, -0.25) is 0 Å². The van der Waals surface area contributed by atoms with Gasteiger partial charge in [0.25, 0.3) is 0 Å². The third-order valence-corrected chi connectivity index (χ3v) is 3.39. The maximum atomic E-state index is 9.25. The largest absolute Gasteiger partial charge is 0.439 e. The van der Waals surface area contributed by atoms with Gasteiger partial charge in [-0.1, -0.05) is 34.1 Å². The van der Waals surface area contributed by atoms with E-state index in [-0.39, 0.29) is 0 Å². The zero-order chi connectivity index (χ0) is 14.8. The number of halogens is 1. The zero-order valence-corrected chi connectivity index (χ0v) is 12.5. The summed E-state index contributed by atoms with van der Waals surface area (Å²) in [6, 6.07) is 16.5. The number of nitrogen functional groups attached to an aromatic ring is 1. The van der Waals surface area contributed by atoms with Crippen molar-refractivity contribution in [1.82, 2.24) is 4.98 Å². The molecular weight excluding hydrogens is 330 g/mol. The van der Waals surface area contributed by atoms with Crippen LogP contribution in [0.1, 0.15) is 5.56 Å². The molecule has 0 aliphatic carbocycles. The van der Waals surface area contributed by atoms with Crippen molar-refractivity contribution < 1.29 is 4.74 Å². The first-order chi connectivity index (χ1) is 10.2. The van der Waals surface area contributed by atoms with Crippen LogP contribution >= 0.6 is 15.9 Å². The molecule has 0 bridgehead atoms.